The Hall–Kier alpha value is -1.93. The second kappa shape index (κ2) is 4.75. The molecule has 0 aromatic carbocycles. The SMILES string of the molecule is O=C(O)c1cn([C@H]2CC[C@@H](CO)O2)c(=O)[nH]c1=O. The fourth-order valence-corrected chi connectivity index (χ4v) is 1.88. The molecule has 1 saturated heterocycles. The van der Waals surface area contributed by atoms with Gasteiger partial charge < -0.3 is 14.9 Å². The second-order valence-corrected chi connectivity index (χ2v) is 3.99. The quantitative estimate of drug-likeness (QED) is 0.631. The molecule has 1 fully saturated rings. The number of ether oxygens (including phenoxy) is 1. The van der Waals surface area contributed by atoms with Crippen molar-refractivity contribution in [3.8, 4) is 0 Å². The molecule has 3 N–H and O–H groups in total. The van der Waals surface area contributed by atoms with Crippen LogP contribution in [0.2, 0.25) is 0 Å². The Bertz CT molecular complexity index is 574. The van der Waals surface area contributed by atoms with Crippen LogP contribution in [0, 0.1) is 0 Å². The summed E-state index contributed by atoms with van der Waals surface area (Å²) in [6.45, 7) is -0.166. The molecule has 1 aliphatic rings. The molecule has 1 aromatic heterocycles. The van der Waals surface area contributed by atoms with Crippen LogP contribution in [-0.4, -0.2) is 38.4 Å². The number of H-pyrrole nitrogens is 1. The Labute approximate surface area is 100 Å². The predicted molar refractivity (Wildman–Crippen MR) is 58.5 cm³/mol. The number of carbonyl (C=O) groups is 1. The molecule has 0 bridgehead atoms. The van der Waals surface area contributed by atoms with Crippen molar-refractivity contribution in [3.63, 3.8) is 0 Å². The van der Waals surface area contributed by atoms with Crippen LogP contribution in [0.15, 0.2) is 15.8 Å². The molecular formula is C10H12N2O6. The van der Waals surface area contributed by atoms with E-state index in [-0.39, 0.29) is 12.7 Å². The molecule has 0 amide bonds. The minimum absolute atomic E-state index is 0.166. The number of aliphatic hydroxyl groups excluding tert-OH is 1. The van der Waals surface area contributed by atoms with Crippen LogP contribution in [0.3, 0.4) is 0 Å². The van der Waals surface area contributed by atoms with Crippen LogP contribution in [0.4, 0.5) is 0 Å². The standard InChI is InChI=1S/C10H12N2O6/c13-4-5-1-2-7(18-5)12-3-6(9(15)16)8(14)11-10(12)17/h3,5,7,13H,1-2,4H2,(H,15,16)(H,11,14,17)/t5-,7+/m0/s1. The number of aromatic nitrogens is 2. The minimum atomic E-state index is -1.42. The Morgan fingerprint density at radius 3 is 2.78 bits per heavy atom. The van der Waals surface area contributed by atoms with E-state index in [1.165, 1.54) is 0 Å². The molecule has 0 spiro atoms. The van der Waals surface area contributed by atoms with E-state index in [1.54, 1.807) is 0 Å². The normalized spacial score (nSPS) is 23.2. The number of aromatic amines is 1. The van der Waals surface area contributed by atoms with Crippen molar-refractivity contribution in [1.29, 1.82) is 0 Å². The van der Waals surface area contributed by atoms with Crippen molar-refractivity contribution in [3.05, 3.63) is 32.6 Å². The van der Waals surface area contributed by atoms with Gasteiger partial charge in [0.2, 0.25) is 0 Å². The number of carboxylic acids is 1. The van der Waals surface area contributed by atoms with Crippen LogP contribution in [0.1, 0.15) is 29.4 Å². The molecule has 2 heterocycles. The lowest BCUT2D eigenvalue weighted by molar-refractivity contribution is -0.0247. The molecule has 1 aromatic rings. The highest BCUT2D eigenvalue weighted by molar-refractivity contribution is 5.86. The first-order valence-electron chi connectivity index (χ1n) is 5.38. The highest BCUT2D eigenvalue weighted by Gasteiger charge is 2.27. The van der Waals surface area contributed by atoms with E-state index in [1.807, 2.05) is 4.98 Å². The lowest BCUT2D eigenvalue weighted by atomic mass is 10.2. The number of nitrogens with zero attached hydrogens (tertiary/aromatic N) is 1. The smallest absolute Gasteiger partial charge is 0.342 e. The second-order valence-electron chi connectivity index (χ2n) is 3.99. The van der Waals surface area contributed by atoms with E-state index in [9.17, 15) is 14.4 Å². The fraction of sp³-hybridized carbons (Fsp3) is 0.500. The molecule has 8 nitrogen and oxygen atoms in total. The first-order valence-corrected chi connectivity index (χ1v) is 5.38. The lowest BCUT2D eigenvalue weighted by Gasteiger charge is -2.14. The van der Waals surface area contributed by atoms with Gasteiger partial charge in [0.15, 0.2) is 0 Å². The molecule has 2 atom stereocenters. The zero-order valence-corrected chi connectivity index (χ0v) is 9.33. The van der Waals surface area contributed by atoms with Gasteiger partial charge in [0.25, 0.3) is 5.56 Å². The molecule has 0 unspecified atom stereocenters. The van der Waals surface area contributed by atoms with Gasteiger partial charge in [-0.05, 0) is 12.8 Å². The van der Waals surface area contributed by atoms with Crippen molar-refractivity contribution in [2.24, 2.45) is 0 Å². The largest absolute Gasteiger partial charge is 0.477 e. The summed E-state index contributed by atoms with van der Waals surface area (Å²) < 4.78 is 6.38. The summed E-state index contributed by atoms with van der Waals surface area (Å²) in [5, 5.41) is 17.7. The third-order valence-corrected chi connectivity index (χ3v) is 2.80. The van der Waals surface area contributed by atoms with Gasteiger partial charge >= 0.3 is 11.7 Å². The van der Waals surface area contributed by atoms with Crippen molar-refractivity contribution in [2.45, 2.75) is 25.2 Å². The molecule has 0 saturated carbocycles. The predicted octanol–water partition coefficient (Wildman–Crippen LogP) is -1.10. The van der Waals surface area contributed by atoms with Gasteiger partial charge in [-0.15, -0.1) is 0 Å². The fourth-order valence-electron chi connectivity index (χ4n) is 1.88. The molecule has 0 radical (unpaired) electrons. The monoisotopic (exact) mass is 256 g/mol. The molecule has 2 rings (SSSR count). The zero-order valence-electron chi connectivity index (χ0n) is 9.33. The molecule has 1 aliphatic heterocycles. The van der Waals surface area contributed by atoms with E-state index in [2.05, 4.69) is 0 Å². The first kappa shape index (κ1) is 12.5. The molecular weight excluding hydrogens is 244 g/mol. The number of aliphatic hydroxyl groups is 1. The Morgan fingerprint density at radius 1 is 1.50 bits per heavy atom. The van der Waals surface area contributed by atoms with E-state index >= 15 is 0 Å². The minimum Gasteiger partial charge on any atom is -0.477 e. The summed E-state index contributed by atoms with van der Waals surface area (Å²) in [5.74, 6) is -1.42. The maximum absolute atomic E-state index is 11.6. The summed E-state index contributed by atoms with van der Waals surface area (Å²) >= 11 is 0. The topological polar surface area (TPSA) is 122 Å². The molecule has 18 heavy (non-hydrogen) atoms. The summed E-state index contributed by atoms with van der Waals surface area (Å²) in [7, 11) is 0. The Balaban J connectivity index is 2.40. The van der Waals surface area contributed by atoms with Gasteiger partial charge in [-0.25, -0.2) is 9.59 Å². The van der Waals surface area contributed by atoms with Crippen molar-refractivity contribution >= 4 is 5.97 Å². The van der Waals surface area contributed by atoms with Crippen LogP contribution in [0.5, 0.6) is 0 Å². The maximum atomic E-state index is 11.6. The third kappa shape index (κ3) is 2.20. The highest BCUT2D eigenvalue weighted by atomic mass is 16.5. The van der Waals surface area contributed by atoms with E-state index in [4.69, 9.17) is 14.9 Å². The first-order chi connectivity index (χ1) is 8.52. The Morgan fingerprint density at radius 2 is 2.22 bits per heavy atom. The van der Waals surface area contributed by atoms with Gasteiger partial charge in [-0.3, -0.25) is 14.3 Å². The summed E-state index contributed by atoms with van der Waals surface area (Å²) in [6, 6.07) is 0. The zero-order chi connectivity index (χ0) is 13.3. The average molecular weight is 256 g/mol. The Kier molecular flexibility index (Phi) is 3.30. The van der Waals surface area contributed by atoms with Gasteiger partial charge in [-0.2, -0.15) is 0 Å². The van der Waals surface area contributed by atoms with E-state index < -0.39 is 29.0 Å². The van der Waals surface area contributed by atoms with Crippen LogP contribution in [-0.2, 0) is 4.74 Å². The summed E-state index contributed by atoms with van der Waals surface area (Å²) in [4.78, 5) is 35.5. The number of hydrogen-bond acceptors (Lipinski definition) is 5. The molecule has 8 heteroatoms. The third-order valence-electron chi connectivity index (χ3n) is 2.80. The van der Waals surface area contributed by atoms with Crippen LogP contribution in [0.25, 0.3) is 0 Å². The van der Waals surface area contributed by atoms with Crippen LogP contribution < -0.4 is 11.2 Å². The average Bonchev–Trinajstić information content (AvgIpc) is 2.77. The van der Waals surface area contributed by atoms with Crippen molar-refractivity contribution < 1.29 is 19.7 Å². The number of carboxylic acid groups (broad SMARTS) is 1. The van der Waals surface area contributed by atoms with Gasteiger partial charge in [0, 0.05) is 6.20 Å². The van der Waals surface area contributed by atoms with Crippen LogP contribution >= 0.6 is 0 Å². The van der Waals surface area contributed by atoms with E-state index in [0.717, 1.165) is 10.8 Å². The van der Waals surface area contributed by atoms with Gasteiger partial charge in [0.1, 0.15) is 11.8 Å². The van der Waals surface area contributed by atoms with Gasteiger partial charge in [0.05, 0.1) is 12.7 Å². The number of hydrogen-bond donors (Lipinski definition) is 3. The summed E-state index contributed by atoms with van der Waals surface area (Å²) in [5.41, 5.74) is -2.19. The molecule has 0 aliphatic carbocycles. The van der Waals surface area contributed by atoms with Crippen molar-refractivity contribution in [2.75, 3.05) is 6.61 Å². The number of aromatic carboxylic acids is 1. The maximum Gasteiger partial charge on any atom is 0.342 e. The lowest BCUT2D eigenvalue weighted by Crippen LogP contribution is -2.35. The summed E-state index contributed by atoms with van der Waals surface area (Å²) in [6.07, 6.45) is 0.964. The number of rotatable bonds is 3. The van der Waals surface area contributed by atoms with Gasteiger partial charge in [-0.1, -0.05) is 0 Å². The highest BCUT2D eigenvalue weighted by Crippen LogP contribution is 2.26. The molecule has 98 valence electrons. The van der Waals surface area contributed by atoms with Crippen molar-refractivity contribution in [1.82, 2.24) is 9.55 Å². The van der Waals surface area contributed by atoms with E-state index in [0.29, 0.717) is 12.8 Å². The number of nitrogens with one attached hydrogen (secondary N) is 1.